The molecule has 0 bridgehead atoms. The first kappa shape index (κ1) is 19.4. The van der Waals surface area contributed by atoms with Gasteiger partial charge in [-0.2, -0.15) is 0 Å². The topological polar surface area (TPSA) is 65.5 Å². The van der Waals surface area contributed by atoms with E-state index in [0.717, 1.165) is 10.9 Å². The zero-order chi connectivity index (χ0) is 20.2. The fourth-order valence-electron chi connectivity index (χ4n) is 3.41. The number of carbonyl (C=O) groups is 2. The van der Waals surface area contributed by atoms with Crippen molar-refractivity contribution in [2.75, 3.05) is 38.0 Å². The highest BCUT2D eigenvalue weighted by Crippen LogP contribution is 2.20. The number of benzene rings is 2. The summed E-state index contributed by atoms with van der Waals surface area (Å²) >= 11 is 6.08. The molecule has 1 fully saturated rings. The van der Waals surface area contributed by atoms with Crippen LogP contribution in [0.5, 0.6) is 0 Å². The van der Waals surface area contributed by atoms with Crippen molar-refractivity contribution in [2.45, 2.75) is 0 Å². The molecular formula is C22H21ClN4O2. The summed E-state index contributed by atoms with van der Waals surface area (Å²) in [4.78, 5) is 33.4. The van der Waals surface area contributed by atoms with Gasteiger partial charge < -0.3 is 10.2 Å². The minimum absolute atomic E-state index is 0.0732. The second kappa shape index (κ2) is 8.59. The van der Waals surface area contributed by atoms with Gasteiger partial charge in [-0.1, -0.05) is 48.0 Å². The van der Waals surface area contributed by atoms with Crippen molar-refractivity contribution in [3.8, 4) is 0 Å². The molecule has 0 spiro atoms. The zero-order valence-electron chi connectivity index (χ0n) is 15.8. The summed E-state index contributed by atoms with van der Waals surface area (Å²) in [5.41, 5.74) is 1.87. The molecule has 1 N–H and O–H groups in total. The molecule has 0 aliphatic carbocycles. The van der Waals surface area contributed by atoms with E-state index in [4.69, 9.17) is 11.6 Å². The number of nitrogens with one attached hydrogen (secondary N) is 1. The molecule has 0 atom stereocenters. The molecule has 2 amide bonds. The molecular weight excluding hydrogens is 388 g/mol. The van der Waals surface area contributed by atoms with Gasteiger partial charge in [0.15, 0.2) is 0 Å². The second-order valence-electron chi connectivity index (χ2n) is 6.99. The van der Waals surface area contributed by atoms with Gasteiger partial charge in [0.1, 0.15) is 5.69 Å². The maximum absolute atomic E-state index is 12.8. The lowest BCUT2D eigenvalue weighted by atomic mass is 10.2. The monoisotopic (exact) mass is 408 g/mol. The summed E-state index contributed by atoms with van der Waals surface area (Å²) < 4.78 is 0. The molecule has 0 saturated carbocycles. The van der Waals surface area contributed by atoms with Crippen molar-refractivity contribution in [1.29, 1.82) is 0 Å². The Morgan fingerprint density at radius 1 is 0.931 bits per heavy atom. The summed E-state index contributed by atoms with van der Waals surface area (Å²) in [6.07, 6.45) is 0. The van der Waals surface area contributed by atoms with Crippen LogP contribution in [0.3, 0.4) is 0 Å². The van der Waals surface area contributed by atoms with E-state index in [2.05, 4.69) is 10.3 Å². The number of hydrogen-bond acceptors (Lipinski definition) is 4. The molecule has 1 aromatic heterocycles. The third kappa shape index (κ3) is 4.55. The smallest absolute Gasteiger partial charge is 0.272 e. The quantitative estimate of drug-likeness (QED) is 0.719. The van der Waals surface area contributed by atoms with E-state index in [9.17, 15) is 9.59 Å². The highest BCUT2D eigenvalue weighted by Gasteiger charge is 2.24. The molecule has 3 aromatic rings. The van der Waals surface area contributed by atoms with Gasteiger partial charge in [0.2, 0.25) is 5.91 Å². The van der Waals surface area contributed by atoms with Crippen LogP contribution in [0.1, 0.15) is 10.5 Å². The molecule has 1 saturated heterocycles. The van der Waals surface area contributed by atoms with Crippen molar-refractivity contribution in [3.63, 3.8) is 0 Å². The third-order valence-corrected chi connectivity index (χ3v) is 5.32. The van der Waals surface area contributed by atoms with Gasteiger partial charge in [-0.25, -0.2) is 4.98 Å². The summed E-state index contributed by atoms with van der Waals surface area (Å²) in [5, 5.41) is 4.36. The van der Waals surface area contributed by atoms with E-state index in [1.807, 2.05) is 47.4 Å². The lowest BCUT2D eigenvalue weighted by Gasteiger charge is -2.34. The summed E-state index contributed by atoms with van der Waals surface area (Å²) in [7, 11) is 0. The van der Waals surface area contributed by atoms with Crippen LogP contribution in [0.4, 0.5) is 5.69 Å². The molecule has 6 nitrogen and oxygen atoms in total. The normalized spacial score (nSPS) is 14.7. The van der Waals surface area contributed by atoms with Crippen LogP contribution in [0.2, 0.25) is 5.02 Å². The number of carbonyl (C=O) groups excluding carboxylic acids is 2. The summed E-state index contributed by atoms with van der Waals surface area (Å²) in [6, 6.07) is 18.6. The number of halogens is 1. The number of piperazine rings is 1. The van der Waals surface area contributed by atoms with Gasteiger partial charge in [0, 0.05) is 31.6 Å². The van der Waals surface area contributed by atoms with Crippen LogP contribution in [0.15, 0.2) is 60.7 Å². The van der Waals surface area contributed by atoms with Gasteiger partial charge >= 0.3 is 0 Å². The molecule has 0 radical (unpaired) electrons. The van der Waals surface area contributed by atoms with E-state index in [1.165, 1.54) is 0 Å². The number of rotatable bonds is 4. The fourth-order valence-corrected chi connectivity index (χ4v) is 3.59. The average Bonchev–Trinajstić information content (AvgIpc) is 2.75. The largest absolute Gasteiger partial charge is 0.335 e. The minimum Gasteiger partial charge on any atom is -0.335 e. The Morgan fingerprint density at radius 2 is 1.66 bits per heavy atom. The van der Waals surface area contributed by atoms with E-state index in [-0.39, 0.29) is 18.4 Å². The predicted octanol–water partition coefficient (Wildman–Crippen LogP) is 3.28. The Bertz CT molecular complexity index is 1050. The maximum atomic E-state index is 12.8. The summed E-state index contributed by atoms with van der Waals surface area (Å²) in [5.74, 6) is -0.190. The molecule has 1 aliphatic rings. The lowest BCUT2D eigenvalue weighted by molar-refractivity contribution is -0.117. The number of amides is 2. The minimum atomic E-state index is -0.117. The molecule has 2 aromatic carbocycles. The Labute approximate surface area is 174 Å². The van der Waals surface area contributed by atoms with Crippen LogP contribution in [-0.2, 0) is 4.79 Å². The first-order valence-electron chi connectivity index (χ1n) is 9.52. The first-order valence-corrected chi connectivity index (χ1v) is 9.90. The molecule has 1 aliphatic heterocycles. The molecule has 0 unspecified atom stereocenters. The van der Waals surface area contributed by atoms with Gasteiger partial charge in [0.25, 0.3) is 5.91 Å². The van der Waals surface area contributed by atoms with Crippen molar-refractivity contribution < 1.29 is 9.59 Å². The zero-order valence-corrected chi connectivity index (χ0v) is 16.6. The maximum Gasteiger partial charge on any atom is 0.272 e. The Morgan fingerprint density at radius 3 is 2.45 bits per heavy atom. The van der Waals surface area contributed by atoms with E-state index < -0.39 is 0 Å². The number of fused-ring (bicyclic) bond motifs is 1. The van der Waals surface area contributed by atoms with Gasteiger partial charge in [-0.05, 0) is 24.3 Å². The number of anilines is 1. The third-order valence-electron chi connectivity index (χ3n) is 4.99. The number of aromatic nitrogens is 1. The van der Waals surface area contributed by atoms with Crippen LogP contribution < -0.4 is 5.32 Å². The van der Waals surface area contributed by atoms with Gasteiger partial charge in [0.05, 0.1) is 22.8 Å². The van der Waals surface area contributed by atoms with E-state index in [0.29, 0.717) is 42.6 Å². The van der Waals surface area contributed by atoms with Gasteiger partial charge in [-0.15, -0.1) is 0 Å². The Hall–Kier alpha value is -2.96. The Balaban J connectivity index is 1.32. The van der Waals surface area contributed by atoms with E-state index in [1.54, 1.807) is 23.1 Å². The van der Waals surface area contributed by atoms with Crippen LogP contribution >= 0.6 is 11.6 Å². The molecule has 29 heavy (non-hydrogen) atoms. The van der Waals surface area contributed by atoms with Crippen molar-refractivity contribution >= 4 is 40.0 Å². The number of nitrogens with zero attached hydrogens (tertiary/aromatic N) is 3. The SMILES string of the molecule is O=C(CN1CCN(C(=O)c2ccc3ccccc3n2)CC1)Nc1ccccc1Cl. The standard InChI is InChI=1S/C22H21ClN4O2/c23-17-6-2-4-8-19(17)25-21(28)15-26-11-13-27(14-12-26)22(29)20-10-9-16-5-1-3-7-18(16)24-20/h1-10H,11-15H2,(H,25,28). The molecule has 7 heteroatoms. The number of para-hydroxylation sites is 2. The Kier molecular flexibility index (Phi) is 5.74. The van der Waals surface area contributed by atoms with Crippen LogP contribution in [0, 0.1) is 0 Å². The second-order valence-corrected chi connectivity index (χ2v) is 7.39. The van der Waals surface area contributed by atoms with Gasteiger partial charge in [-0.3, -0.25) is 14.5 Å². The first-order chi connectivity index (χ1) is 14.1. The predicted molar refractivity (Wildman–Crippen MR) is 114 cm³/mol. The molecule has 2 heterocycles. The summed E-state index contributed by atoms with van der Waals surface area (Å²) in [6.45, 7) is 2.66. The average molecular weight is 409 g/mol. The highest BCUT2D eigenvalue weighted by atomic mass is 35.5. The van der Waals surface area contributed by atoms with Crippen molar-refractivity contribution in [2.24, 2.45) is 0 Å². The molecule has 148 valence electrons. The molecule has 4 rings (SSSR count). The fraction of sp³-hybridized carbons (Fsp3) is 0.227. The van der Waals surface area contributed by atoms with Crippen LogP contribution in [0.25, 0.3) is 10.9 Å². The lowest BCUT2D eigenvalue weighted by Crippen LogP contribution is -2.50. The van der Waals surface area contributed by atoms with Crippen molar-refractivity contribution in [1.82, 2.24) is 14.8 Å². The highest BCUT2D eigenvalue weighted by molar-refractivity contribution is 6.33. The van der Waals surface area contributed by atoms with Crippen LogP contribution in [-0.4, -0.2) is 59.3 Å². The number of hydrogen-bond donors (Lipinski definition) is 1. The van der Waals surface area contributed by atoms with E-state index >= 15 is 0 Å². The van der Waals surface area contributed by atoms with Crippen molar-refractivity contribution in [3.05, 3.63) is 71.4 Å². The number of pyridine rings is 1.